The van der Waals surface area contributed by atoms with Crippen LogP contribution in [0.2, 0.25) is 0 Å². The van der Waals surface area contributed by atoms with Crippen molar-refractivity contribution in [3.63, 3.8) is 0 Å². The molecule has 1 rings (SSSR count). The van der Waals surface area contributed by atoms with Crippen molar-refractivity contribution >= 4 is 5.69 Å². The third-order valence-electron chi connectivity index (χ3n) is 1.83. The number of nitriles is 1. The van der Waals surface area contributed by atoms with Crippen LogP contribution in [0.25, 0.3) is 0 Å². The van der Waals surface area contributed by atoms with Crippen LogP contribution in [-0.2, 0) is 0 Å². The van der Waals surface area contributed by atoms with Gasteiger partial charge in [0, 0.05) is 0 Å². The minimum Gasteiger partial charge on any atom is -0.491 e. The molecule has 0 aliphatic carbocycles. The van der Waals surface area contributed by atoms with Crippen LogP contribution in [0.15, 0.2) is 24.3 Å². The second-order valence-electron chi connectivity index (χ2n) is 2.93. The van der Waals surface area contributed by atoms with Crippen LogP contribution in [0.5, 0.6) is 5.75 Å². The summed E-state index contributed by atoms with van der Waals surface area (Å²) in [6.07, 6.45) is 4.02. The van der Waals surface area contributed by atoms with Gasteiger partial charge in [0.1, 0.15) is 5.75 Å². The van der Waals surface area contributed by atoms with Crippen molar-refractivity contribution in [2.24, 2.45) is 0 Å². The Morgan fingerprint density at radius 3 is 2.93 bits per heavy atom. The average Bonchev–Trinajstić information content (AvgIpc) is 2.21. The molecule has 1 aromatic rings. The van der Waals surface area contributed by atoms with Gasteiger partial charge in [-0.25, -0.2) is 0 Å². The van der Waals surface area contributed by atoms with Gasteiger partial charge in [0.25, 0.3) is 0 Å². The number of ether oxygens (including phenoxy) is 1. The molecule has 0 aromatic heterocycles. The smallest absolute Gasteiger partial charge is 0.181 e. The molecular weight excluding hydrogens is 176 g/mol. The summed E-state index contributed by atoms with van der Waals surface area (Å²) >= 11 is 0. The van der Waals surface area contributed by atoms with E-state index >= 15 is 0 Å². The van der Waals surface area contributed by atoms with E-state index in [1.54, 1.807) is 0 Å². The van der Waals surface area contributed by atoms with Crippen molar-refractivity contribution in [1.82, 2.24) is 0 Å². The maximum atomic E-state index is 8.50. The third-order valence-corrected chi connectivity index (χ3v) is 1.83. The Morgan fingerprint density at radius 1 is 1.43 bits per heavy atom. The average molecular weight is 190 g/mol. The molecule has 0 atom stereocenters. The number of anilines is 1. The van der Waals surface area contributed by atoms with Crippen molar-refractivity contribution in [1.29, 1.82) is 5.26 Å². The number of nitrogens with one attached hydrogen (secondary N) is 1. The standard InChI is InChI=1S/C11H14N2O/c1-2-3-8-14-11-7-5-4-6-10(11)13-9-12/h4-7,13H,2-3,8H2,1H3. The molecule has 0 fully saturated rings. The Morgan fingerprint density at radius 2 is 2.21 bits per heavy atom. The zero-order valence-electron chi connectivity index (χ0n) is 8.29. The fourth-order valence-corrected chi connectivity index (χ4v) is 1.08. The highest BCUT2D eigenvalue weighted by Crippen LogP contribution is 2.23. The number of unbranched alkanes of at least 4 members (excludes halogenated alkanes) is 1. The molecule has 14 heavy (non-hydrogen) atoms. The first-order chi connectivity index (χ1) is 6.88. The van der Waals surface area contributed by atoms with Crippen LogP contribution in [0.4, 0.5) is 5.69 Å². The number of para-hydroxylation sites is 2. The summed E-state index contributed by atoms with van der Waals surface area (Å²) in [6, 6.07) is 7.44. The molecule has 0 saturated heterocycles. The summed E-state index contributed by atoms with van der Waals surface area (Å²) in [4.78, 5) is 0. The highest BCUT2D eigenvalue weighted by atomic mass is 16.5. The molecule has 0 spiro atoms. The molecule has 74 valence electrons. The highest BCUT2D eigenvalue weighted by Gasteiger charge is 2.00. The second-order valence-corrected chi connectivity index (χ2v) is 2.93. The fourth-order valence-electron chi connectivity index (χ4n) is 1.08. The molecule has 0 amide bonds. The van der Waals surface area contributed by atoms with Crippen LogP contribution in [0.1, 0.15) is 19.8 Å². The van der Waals surface area contributed by atoms with Gasteiger partial charge in [-0.1, -0.05) is 25.5 Å². The Bertz CT molecular complexity index is 317. The van der Waals surface area contributed by atoms with Crippen molar-refractivity contribution < 1.29 is 4.74 Å². The molecule has 0 bridgehead atoms. The zero-order chi connectivity index (χ0) is 10.2. The maximum Gasteiger partial charge on any atom is 0.181 e. The zero-order valence-corrected chi connectivity index (χ0v) is 8.29. The number of hydrogen-bond acceptors (Lipinski definition) is 3. The molecule has 1 N–H and O–H groups in total. The van der Waals surface area contributed by atoms with E-state index in [9.17, 15) is 0 Å². The summed E-state index contributed by atoms with van der Waals surface area (Å²) in [5.41, 5.74) is 0.728. The molecular formula is C11H14N2O. The molecule has 0 radical (unpaired) electrons. The van der Waals surface area contributed by atoms with Gasteiger partial charge >= 0.3 is 0 Å². The van der Waals surface area contributed by atoms with E-state index in [0.29, 0.717) is 6.61 Å². The molecule has 0 unspecified atom stereocenters. The van der Waals surface area contributed by atoms with Crippen molar-refractivity contribution in [3.05, 3.63) is 24.3 Å². The van der Waals surface area contributed by atoms with E-state index in [1.807, 2.05) is 30.5 Å². The molecule has 0 saturated carbocycles. The fraction of sp³-hybridized carbons (Fsp3) is 0.364. The summed E-state index contributed by atoms with van der Waals surface area (Å²) < 4.78 is 5.52. The van der Waals surface area contributed by atoms with Crippen LogP contribution in [0, 0.1) is 11.5 Å². The Balaban J connectivity index is 2.60. The molecule has 0 aliphatic rings. The minimum atomic E-state index is 0.695. The molecule has 1 aromatic carbocycles. The van der Waals surface area contributed by atoms with Crippen molar-refractivity contribution in [2.75, 3.05) is 11.9 Å². The van der Waals surface area contributed by atoms with E-state index in [4.69, 9.17) is 10.00 Å². The van der Waals surface area contributed by atoms with Crippen LogP contribution in [0.3, 0.4) is 0 Å². The van der Waals surface area contributed by atoms with Gasteiger partial charge < -0.3 is 4.74 Å². The van der Waals surface area contributed by atoms with E-state index in [0.717, 1.165) is 24.3 Å². The number of nitrogens with zero attached hydrogens (tertiary/aromatic N) is 1. The lowest BCUT2D eigenvalue weighted by molar-refractivity contribution is 0.311. The van der Waals surface area contributed by atoms with E-state index in [1.165, 1.54) is 0 Å². The summed E-state index contributed by atoms with van der Waals surface area (Å²) in [7, 11) is 0. The van der Waals surface area contributed by atoms with Crippen LogP contribution >= 0.6 is 0 Å². The van der Waals surface area contributed by atoms with Gasteiger partial charge in [-0.2, -0.15) is 5.26 Å². The Hall–Kier alpha value is -1.69. The van der Waals surface area contributed by atoms with Crippen LogP contribution < -0.4 is 10.1 Å². The number of rotatable bonds is 5. The van der Waals surface area contributed by atoms with Crippen LogP contribution in [-0.4, -0.2) is 6.61 Å². The van der Waals surface area contributed by atoms with Gasteiger partial charge in [0.05, 0.1) is 12.3 Å². The molecule has 3 nitrogen and oxygen atoms in total. The van der Waals surface area contributed by atoms with E-state index in [-0.39, 0.29) is 0 Å². The third kappa shape index (κ3) is 2.98. The second kappa shape index (κ2) is 5.87. The molecule has 3 heteroatoms. The van der Waals surface area contributed by atoms with Crippen molar-refractivity contribution in [2.45, 2.75) is 19.8 Å². The number of benzene rings is 1. The first-order valence-corrected chi connectivity index (χ1v) is 4.75. The van der Waals surface area contributed by atoms with E-state index < -0.39 is 0 Å². The Labute approximate surface area is 84.3 Å². The largest absolute Gasteiger partial charge is 0.491 e. The van der Waals surface area contributed by atoms with Gasteiger partial charge in [-0.3, -0.25) is 5.32 Å². The number of hydrogen-bond donors (Lipinski definition) is 1. The SMILES string of the molecule is CCCCOc1ccccc1NC#N. The van der Waals surface area contributed by atoms with Gasteiger partial charge in [-0.15, -0.1) is 0 Å². The molecule has 0 heterocycles. The predicted octanol–water partition coefficient (Wildman–Crippen LogP) is 2.76. The predicted molar refractivity (Wildman–Crippen MR) is 56.1 cm³/mol. The Kier molecular flexibility index (Phi) is 4.36. The molecule has 0 aliphatic heterocycles. The summed E-state index contributed by atoms with van der Waals surface area (Å²) in [6.45, 7) is 2.81. The quantitative estimate of drug-likeness (QED) is 0.441. The monoisotopic (exact) mass is 190 g/mol. The van der Waals surface area contributed by atoms with Gasteiger partial charge in [0.15, 0.2) is 6.19 Å². The lowest BCUT2D eigenvalue weighted by atomic mass is 10.3. The lowest BCUT2D eigenvalue weighted by Gasteiger charge is -2.08. The highest BCUT2D eigenvalue weighted by molar-refractivity contribution is 5.58. The van der Waals surface area contributed by atoms with Gasteiger partial charge in [0.2, 0.25) is 0 Å². The first-order valence-electron chi connectivity index (χ1n) is 4.75. The topological polar surface area (TPSA) is 45.0 Å². The first kappa shape index (κ1) is 10.4. The van der Waals surface area contributed by atoms with Gasteiger partial charge in [-0.05, 0) is 18.6 Å². The lowest BCUT2D eigenvalue weighted by Crippen LogP contribution is -1.99. The minimum absolute atomic E-state index is 0.695. The summed E-state index contributed by atoms with van der Waals surface area (Å²) in [5.74, 6) is 0.738. The van der Waals surface area contributed by atoms with E-state index in [2.05, 4.69) is 12.2 Å². The normalized spacial score (nSPS) is 9.14. The summed E-state index contributed by atoms with van der Waals surface area (Å²) in [5, 5.41) is 11.1. The maximum absolute atomic E-state index is 8.50. The van der Waals surface area contributed by atoms with Crippen molar-refractivity contribution in [3.8, 4) is 11.9 Å².